The molecule has 0 aliphatic rings. The number of fused-ring (bicyclic) bond motifs is 1. The Morgan fingerprint density at radius 2 is 1.77 bits per heavy atom. The van der Waals surface area contributed by atoms with Gasteiger partial charge in [-0.3, -0.25) is 4.79 Å². The molecule has 0 unspecified atom stereocenters. The Morgan fingerprint density at radius 3 is 2.43 bits per heavy atom. The fourth-order valence-corrected chi connectivity index (χ4v) is 4.91. The second-order valence-electron chi connectivity index (χ2n) is 7.61. The van der Waals surface area contributed by atoms with Crippen LogP contribution in [0.4, 0.5) is 14.5 Å². The first-order chi connectivity index (χ1) is 16.6. The summed E-state index contributed by atoms with van der Waals surface area (Å²) < 4.78 is 66.9. The van der Waals surface area contributed by atoms with E-state index >= 15 is 4.39 Å². The first-order valence-corrected chi connectivity index (χ1v) is 11.7. The maximum absolute atomic E-state index is 15.4. The van der Waals surface area contributed by atoms with Gasteiger partial charge < -0.3 is 9.47 Å². The summed E-state index contributed by atoms with van der Waals surface area (Å²) >= 11 is 0. The van der Waals surface area contributed by atoms with Gasteiger partial charge in [-0.2, -0.15) is 0 Å². The van der Waals surface area contributed by atoms with Crippen molar-refractivity contribution in [3.8, 4) is 11.5 Å². The van der Waals surface area contributed by atoms with E-state index in [0.717, 1.165) is 34.8 Å². The highest BCUT2D eigenvalue weighted by Gasteiger charge is 2.25. The van der Waals surface area contributed by atoms with Crippen molar-refractivity contribution in [1.29, 1.82) is 0 Å². The molecule has 0 atom stereocenters. The van der Waals surface area contributed by atoms with E-state index in [0.29, 0.717) is 0 Å². The number of methoxy groups -OCH3 is 1. The van der Waals surface area contributed by atoms with Gasteiger partial charge in [-0.05, 0) is 43.3 Å². The van der Waals surface area contributed by atoms with Crippen molar-refractivity contribution < 1.29 is 31.5 Å². The van der Waals surface area contributed by atoms with Crippen LogP contribution in [0.3, 0.4) is 0 Å². The number of aryl methyl sites for hydroxylation is 1. The molecule has 0 N–H and O–H groups in total. The Balaban J connectivity index is 1.90. The average Bonchev–Trinajstić information content (AvgIpc) is 3.26. The molecular formula is C25H18F2N2O5S. The third kappa shape index (κ3) is 4.46. The first-order valence-electron chi connectivity index (χ1n) is 10.2. The SMILES string of the molecule is [C-]#[N+]c1cc(Oc2c(F)cc3c(ccn3S(=O)(=O)c3ccc(C)cc3)c2CC(=O)OC)ccc1F. The zero-order valence-electron chi connectivity index (χ0n) is 18.6. The maximum atomic E-state index is 15.4. The average molecular weight is 496 g/mol. The molecule has 0 bridgehead atoms. The number of aromatic nitrogens is 1. The molecule has 1 heterocycles. The second-order valence-corrected chi connectivity index (χ2v) is 9.42. The molecule has 7 nitrogen and oxygen atoms in total. The number of esters is 1. The largest absolute Gasteiger partial charge is 0.469 e. The van der Waals surface area contributed by atoms with E-state index in [1.165, 1.54) is 30.5 Å². The molecular weight excluding hydrogens is 478 g/mol. The molecule has 4 aromatic rings. The Bertz CT molecular complexity index is 1600. The number of nitrogens with zero attached hydrogens (tertiary/aromatic N) is 2. The molecule has 1 aromatic heterocycles. The van der Waals surface area contributed by atoms with Crippen molar-refractivity contribution in [2.75, 3.05) is 7.11 Å². The van der Waals surface area contributed by atoms with Crippen LogP contribution in [0, 0.1) is 25.1 Å². The van der Waals surface area contributed by atoms with Crippen LogP contribution in [0.2, 0.25) is 0 Å². The second kappa shape index (κ2) is 9.19. The van der Waals surface area contributed by atoms with Crippen LogP contribution in [-0.2, 0) is 26.0 Å². The van der Waals surface area contributed by atoms with Crippen molar-refractivity contribution in [3.05, 3.63) is 95.0 Å². The number of halogens is 2. The summed E-state index contributed by atoms with van der Waals surface area (Å²) in [5.41, 5.74) is 0.583. The third-order valence-corrected chi connectivity index (χ3v) is 7.06. The molecule has 4 rings (SSSR count). The Labute approximate surface area is 200 Å². The van der Waals surface area contributed by atoms with E-state index in [1.807, 2.05) is 6.92 Å². The highest BCUT2D eigenvalue weighted by Crippen LogP contribution is 2.38. The standard InChI is InChI=1S/C25H18F2N2O5S/c1-15-4-7-17(8-5-15)35(31,32)29-11-10-18-19(13-24(30)33-3)25(21(27)14-23(18)29)34-16-6-9-20(26)22(12-16)28-2/h4-12,14H,13H2,1,3H3. The fourth-order valence-electron chi connectivity index (χ4n) is 3.57. The van der Waals surface area contributed by atoms with E-state index in [1.54, 1.807) is 12.1 Å². The van der Waals surface area contributed by atoms with Gasteiger partial charge in [0, 0.05) is 23.2 Å². The predicted octanol–water partition coefficient (Wildman–Crippen LogP) is 5.52. The molecule has 0 saturated heterocycles. The summed E-state index contributed by atoms with van der Waals surface area (Å²) in [7, 11) is -2.91. The fraction of sp³-hybridized carbons (Fsp3) is 0.120. The van der Waals surface area contributed by atoms with Crippen molar-refractivity contribution in [2.45, 2.75) is 18.2 Å². The lowest BCUT2D eigenvalue weighted by atomic mass is 10.1. The highest BCUT2D eigenvalue weighted by atomic mass is 32.2. The van der Waals surface area contributed by atoms with Crippen LogP contribution >= 0.6 is 0 Å². The third-order valence-electron chi connectivity index (χ3n) is 5.35. The van der Waals surface area contributed by atoms with Crippen LogP contribution < -0.4 is 4.74 Å². The van der Waals surface area contributed by atoms with Crippen LogP contribution in [0.15, 0.2) is 65.7 Å². The van der Waals surface area contributed by atoms with Crippen LogP contribution in [0.5, 0.6) is 11.5 Å². The van der Waals surface area contributed by atoms with E-state index in [4.69, 9.17) is 16.0 Å². The molecule has 10 heteroatoms. The van der Waals surface area contributed by atoms with E-state index in [-0.39, 0.29) is 38.5 Å². The number of carbonyl (C=O) groups is 1. The number of ether oxygens (including phenoxy) is 2. The Kier molecular flexibility index (Phi) is 6.28. The molecule has 0 fully saturated rings. The van der Waals surface area contributed by atoms with Crippen molar-refractivity contribution >= 4 is 32.6 Å². The van der Waals surface area contributed by atoms with Crippen molar-refractivity contribution in [3.63, 3.8) is 0 Å². The minimum atomic E-state index is -4.07. The lowest BCUT2D eigenvalue weighted by Crippen LogP contribution is -2.12. The first kappa shape index (κ1) is 23.9. The molecule has 0 amide bonds. The number of hydrogen-bond donors (Lipinski definition) is 0. The molecule has 178 valence electrons. The van der Waals surface area contributed by atoms with E-state index in [9.17, 15) is 17.6 Å². The number of hydrogen-bond acceptors (Lipinski definition) is 5. The lowest BCUT2D eigenvalue weighted by molar-refractivity contribution is -0.139. The minimum absolute atomic E-state index is 0.00437. The Hall–Kier alpha value is -4.23. The zero-order chi connectivity index (χ0) is 25.3. The van der Waals surface area contributed by atoms with Gasteiger partial charge in [-0.25, -0.2) is 26.0 Å². The summed E-state index contributed by atoms with van der Waals surface area (Å²) in [4.78, 5) is 15.2. The molecule has 0 saturated carbocycles. The highest BCUT2D eigenvalue weighted by molar-refractivity contribution is 7.90. The van der Waals surface area contributed by atoms with Gasteiger partial charge in [0.15, 0.2) is 11.6 Å². The molecule has 35 heavy (non-hydrogen) atoms. The van der Waals surface area contributed by atoms with E-state index < -0.39 is 34.0 Å². The van der Waals surface area contributed by atoms with Gasteiger partial charge in [-0.1, -0.05) is 17.7 Å². The van der Waals surface area contributed by atoms with Crippen molar-refractivity contribution in [1.82, 2.24) is 3.97 Å². The summed E-state index contributed by atoms with van der Waals surface area (Å²) in [6.45, 7) is 8.87. The number of carbonyl (C=O) groups excluding carboxylic acids is 1. The topological polar surface area (TPSA) is 79.0 Å². The molecule has 0 aliphatic heterocycles. The summed E-state index contributed by atoms with van der Waals surface area (Å²) in [5.74, 6) is -2.83. The van der Waals surface area contributed by atoms with Gasteiger partial charge in [0.1, 0.15) is 11.6 Å². The lowest BCUT2D eigenvalue weighted by Gasteiger charge is -2.15. The van der Waals surface area contributed by atoms with Crippen molar-refractivity contribution in [2.24, 2.45) is 0 Å². The van der Waals surface area contributed by atoms with Crippen LogP contribution in [-0.4, -0.2) is 25.5 Å². The van der Waals surface area contributed by atoms with E-state index in [2.05, 4.69) is 4.85 Å². The predicted molar refractivity (Wildman–Crippen MR) is 124 cm³/mol. The summed E-state index contributed by atoms with van der Waals surface area (Å²) in [5, 5.41) is 0.245. The monoisotopic (exact) mass is 496 g/mol. The quantitative estimate of drug-likeness (QED) is 0.259. The van der Waals surface area contributed by atoms with Crippen LogP contribution in [0.1, 0.15) is 11.1 Å². The normalized spacial score (nSPS) is 11.3. The van der Waals surface area contributed by atoms with Gasteiger partial charge in [0.25, 0.3) is 10.0 Å². The number of rotatable bonds is 6. The van der Waals surface area contributed by atoms with Gasteiger partial charge in [0.2, 0.25) is 5.69 Å². The molecule has 0 aliphatic carbocycles. The zero-order valence-corrected chi connectivity index (χ0v) is 19.4. The van der Waals surface area contributed by atoms with Gasteiger partial charge >= 0.3 is 5.97 Å². The van der Waals surface area contributed by atoms with Gasteiger partial charge in [-0.15, -0.1) is 0 Å². The maximum Gasteiger partial charge on any atom is 0.310 e. The number of benzene rings is 3. The Morgan fingerprint density at radius 1 is 1.06 bits per heavy atom. The molecule has 0 radical (unpaired) electrons. The molecule has 3 aromatic carbocycles. The van der Waals surface area contributed by atoms with Crippen LogP contribution in [0.25, 0.3) is 15.7 Å². The summed E-state index contributed by atoms with van der Waals surface area (Å²) in [6, 6.07) is 11.9. The summed E-state index contributed by atoms with van der Waals surface area (Å²) in [6.07, 6.45) is 0.838. The minimum Gasteiger partial charge on any atom is -0.469 e. The smallest absolute Gasteiger partial charge is 0.310 e. The molecule has 0 spiro atoms. The van der Waals surface area contributed by atoms with Gasteiger partial charge in [0.05, 0.1) is 30.5 Å².